The molecule has 2 heterocycles. The quantitative estimate of drug-likeness (QED) is 0.493. The van der Waals surface area contributed by atoms with Crippen LogP contribution < -0.4 is 5.73 Å². The molecular weight excluding hydrogens is 248 g/mol. The molecule has 2 rings (SSSR count). The van der Waals surface area contributed by atoms with E-state index in [0.29, 0.717) is 10.7 Å². The Morgan fingerprint density at radius 2 is 2.17 bits per heavy atom. The molecule has 7 heteroatoms. The second-order valence-corrected chi connectivity index (χ2v) is 4.84. The monoisotopic (exact) mass is 262 g/mol. The maximum atomic E-state index is 7.61. The van der Waals surface area contributed by atoms with Gasteiger partial charge in [-0.2, -0.15) is 5.10 Å². The summed E-state index contributed by atoms with van der Waals surface area (Å²) >= 11 is 1.36. The van der Waals surface area contributed by atoms with Crippen LogP contribution in [0.5, 0.6) is 0 Å². The third kappa shape index (κ3) is 2.35. The van der Waals surface area contributed by atoms with Crippen molar-refractivity contribution in [2.24, 2.45) is 12.8 Å². The summed E-state index contributed by atoms with van der Waals surface area (Å²) in [6.07, 6.45) is 1.71. The Labute approximate surface area is 109 Å². The first kappa shape index (κ1) is 12.6. The minimum Gasteiger partial charge on any atom is -0.384 e. The van der Waals surface area contributed by atoms with Gasteiger partial charge in [0.15, 0.2) is 5.16 Å². The summed E-state index contributed by atoms with van der Waals surface area (Å²) in [6.45, 7) is 3.74. The summed E-state index contributed by atoms with van der Waals surface area (Å²) in [5.41, 5.74) is 7.87. The number of amidine groups is 1. The highest BCUT2D eigenvalue weighted by Gasteiger charge is 2.17. The van der Waals surface area contributed by atoms with Crippen molar-refractivity contribution < 1.29 is 0 Å². The first-order chi connectivity index (χ1) is 8.49. The number of rotatable bonds is 3. The van der Waals surface area contributed by atoms with Crippen molar-refractivity contribution in [1.29, 1.82) is 5.41 Å². The van der Waals surface area contributed by atoms with Crippen molar-refractivity contribution in [2.75, 3.05) is 0 Å². The first-order valence-corrected chi connectivity index (χ1v) is 6.16. The smallest absolute Gasteiger partial charge is 0.194 e. The van der Waals surface area contributed by atoms with Crippen LogP contribution in [-0.4, -0.2) is 25.6 Å². The van der Waals surface area contributed by atoms with E-state index in [1.54, 1.807) is 10.9 Å². The van der Waals surface area contributed by atoms with Crippen molar-refractivity contribution in [3.05, 3.63) is 29.2 Å². The minimum absolute atomic E-state index is 0.00996. The molecule has 2 aromatic rings. The molecule has 18 heavy (non-hydrogen) atoms. The van der Waals surface area contributed by atoms with Crippen molar-refractivity contribution in [1.82, 2.24) is 19.7 Å². The van der Waals surface area contributed by atoms with Gasteiger partial charge in [0.05, 0.1) is 11.3 Å². The van der Waals surface area contributed by atoms with E-state index in [0.717, 1.165) is 16.4 Å². The summed E-state index contributed by atoms with van der Waals surface area (Å²) in [5, 5.41) is 13.3. The molecule has 3 N–H and O–H groups in total. The van der Waals surface area contributed by atoms with E-state index in [4.69, 9.17) is 11.1 Å². The van der Waals surface area contributed by atoms with Gasteiger partial charge in [-0.3, -0.25) is 10.1 Å². The molecule has 0 saturated carbocycles. The number of hydrogen-bond acceptors (Lipinski definition) is 5. The van der Waals surface area contributed by atoms with Gasteiger partial charge in [0.1, 0.15) is 10.9 Å². The average molecular weight is 262 g/mol. The number of nitrogen functional groups attached to an aromatic ring is 1. The Hall–Kier alpha value is -1.89. The molecule has 0 atom stereocenters. The SMILES string of the molecule is Cc1ccnc(Sc2c(C(=N)N)c(C)nn2C)n1. The number of nitrogens with zero attached hydrogens (tertiary/aromatic N) is 4. The lowest BCUT2D eigenvalue weighted by Gasteiger charge is -2.04. The lowest BCUT2D eigenvalue weighted by molar-refractivity contribution is 0.690. The topological polar surface area (TPSA) is 93.5 Å². The molecule has 2 aromatic heterocycles. The fourth-order valence-electron chi connectivity index (χ4n) is 1.63. The summed E-state index contributed by atoms with van der Waals surface area (Å²) < 4.78 is 1.70. The molecule has 0 radical (unpaired) electrons. The Balaban J connectivity index is 2.43. The molecule has 0 aliphatic heterocycles. The molecule has 0 amide bonds. The Morgan fingerprint density at radius 3 is 2.78 bits per heavy atom. The zero-order chi connectivity index (χ0) is 13.3. The number of nitrogens with one attached hydrogen (secondary N) is 1. The van der Waals surface area contributed by atoms with Crippen LogP contribution in [0.2, 0.25) is 0 Å². The van der Waals surface area contributed by atoms with Crippen LogP contribution in [0.1, 0.15) is 17.0 Å². The van der Waals surface area contributed by atoms with Gasteiger partial charge in [0, 0.05) is 18.9 Å². The third-order valence-electron chi connectivity index (χ3n) is 2.40. The highest BCUT2D eigenvalue weighted by molar-refractivity contribution is 7.99. The molecule has 0 aliphatic rings. The van der Waals surface area contributed by atoms with Gasteiger partial charge in [-0.1, -0.05) is 0 Å². The maximum absolute atomic E-state index is 7.61. The minimum atomic E-state index is 0.00996. The summed E-state index contributed by atoms with van der Waals surface area (Å²) in [6, 6.07) is 1.84. The van der Waals surface area contributed by atoms with Gasteiger partial charge in [0.25, 0.3) is 0 Å². The van der Waals surface area contributed by atoms with Crippen LogP contribution in [0.3, 0.4) is 0 Å². The maximum Gasteiger partial charge on any atom is 0.194 e. The van der Waals surface area contributed by atoms with Gasteiger partial charge in [0.2, 0.25) is 0 Å². The van der Waals surface area contributed by atoms with E-state index in [1.165, 1.54) is 11.8 Å². The molecule has 0 fully saturated rings. The Bertz CT molecular complexity index is 604. The molecular formula is C11H14N6S. The molecule has 6 nitrogen and oxygen atoms in total. The van der Waals surface area contributed by atoms with Gasteiger partial charge in [-0.15, -0.1) is 0 Å². The lowest BCUT2D eigenvalue weighted by atomic mass is 10.2. The van der Waals surface area contributed by atoms with Crippen LogP contribution in [0.4, 0.5) is 0 Å². The van der Waals surface area contributed by atoms with E-state index < -0.39 is 0 Å². The second kappa shape index (κ2) is 4.77. The van der Waals surface area contributed by atoms with E-state index in [-0.39, 0.29) is 5.84 Å². The van der Waals surface area contributed by atoms with Gasteiger partial charge < -0.3 is 5.73 Å². The predicted octanol–water partition coefficient (Wildman–Crippen LogP) is 1.26. The molecule has 0 unspecified atom stereocenters. The average Bonchev–Trinajstić information content (AvgIpc) is 2.53. The normalized spacial score (nSPS) is 10.6. The van der Waals surface area contributed by atoms with Gasteiger partial charge in [-0.05, 0) is 31.7 Å². The van der Waals surface area contributed by atoms with Crippen molar-refractivity contribution in [3.8, 4) is 0 Å². The van der Waals surface area contributed by atoms with Crippen LogP contribution in [-0.2, 0) is 7.05 Å². The van der Waals surface area contributed by atoms with Gasteiger partial charge >= 0.3 is 0 Å². The summed E-state index contributed by atoms with van der Waals surface area (Å²) in [5.74, 6) is 0.00996. The van der Waals surface area contributed by atoms with Crippen molar-refractivity contribution in [3.63, 3.8) is 0 Å². The Kier molecular flexibility index (Phi) is 3.33. The largest absolute Gasteiger partial charge is 0.384 e. The van der Waals surface area contributed by atoms with Crippen molar-refractivity contribution in [2.45, 2.75) is 24.0 Å². The van der Waals surface area contributed by atoms with E-state index >= 15 is 0 Å². The predicted molar refractivity (Wildman–Crippen MR) is 69.9 cm³/mol. The highest BCUT2D eigenvalue weighted by Crippen LogP contribution is 2.28. The van der Waals surface area contributed by atoms with E-state index in [2.05, 4.69) is 15.1 Å². The third-order valence-corrected chi connectivity index (χ3v) is 3.44. The molecule has 0 aliphatic carbocycles. The lowest BCUT2D eigenvalue weighted by Crippen LogP contribution is -2.13. The molecule has 0 aromatic carbocycles. The molecule has 0 bridgehead atoms. The van der Waals surface area contributed by atoms with Crippen LogP contribution in [0.15, 0.2) is 22.4 Å². The van der Waals surface area contributed by atoms with Crippen LogP contribution >= 0.6 is 11.8 Å². The molecule has 94 valence electrons. The number of hydrogen-bond donors (Lipinski definition) is 2. The second-order valence-electron chi connectivity index (χ2n) is 3.89. The number of aryl methyl sites for hydroxylation is 3. The molecule has 0 spiro atoms. The fraction of sp³-hybridized carbons (Fsp3) is 0.273. The number of nitrogens with two attached hydrogens (primary N) is 1. The Morgan fingerprint density at radius 1 is 1.44 bits per heavy atom. The van der Waals surface area contributed by atoms with Gasteiger partial charge in [-0.25, -0.2) is 9.97 Å². The first-order valence-electron chi connectivity index (χ1n) is 5.34. The summed E-state index contributed by atoms with van der Waals surface area (Å²) in [7, 11) is 1.82. The van der Waals surface area contributed by atoms with E-state index in [9.17, 15) is 0 Å². The zero-order valence-corrected chi connectivity index (χ0v) is 11.2. The van der Waals surface area contributed by atoms with Crippen LogP contribution in [0.25, 0.3) is 0 Å². The number of aromatic nitrogens is 4. The zero-order valence-electron chi connectivity index (χ0n) is 10.4. The fourth-order valence-corrected chi connectivity index (χ4v) is 2.63. The summed E-state index contributed by atoms with van der Waals surface area (Å²) in [4.78, 5) is 8.50. The van der Waals surface area contributed by atoms with Crippen molar-refractivity contribution >= 4 is 17.6 Å². The van der Waals surface area contributed by atoms with E-state index in [1.807, 2.05) is 27.0 Å². The van der Waals surface area contributed by atoms with Crippen LogP contribution in [0, 0.1) is 19.3 Å². The highest BCUT2D eigenvalue weighted by atomic mass is 32.2. The molecule has 0 saturated heterocycles. The standard InChI is InChI=1S/C11H14N6S/c1-6-4-5-14-11(15-6)18-10-8(9(12)13)7(2)16-17(10)3/h4-5H,1-3H3,(H3,12,13).